The zero-order chi connectivity index (χ0) is 26.9. The van der Waals surface area contributed by atoms with Gasteiger partial charge < -0.3 is 14.8 Å². The monoisotopic (exact) mass is 529 g/mol. The van der Waals surface area contributed by atoms with Gasteiger partial charge in [0, 0.05) is 25.9 Å². The molecule has 1 N–H and O–H groups in total. The fourth-order valence-electron chi connectivity index (χ4n) is 3.78. The number of aryl methyl sites for hydroxylation is 2. The number of amides is 2. The van der Waals surface area contributed by atoms with E-state index < -0.39 is 0 Å². The molecule has 4 rings (SSSR count). The van der Waals surface area contributed by atoms with Crippen molar-refractivity contribution in [3.05, 3.63) is 94.4 Å². The molecule has 38 heavy (non-hydrogen) atoms. The molecule has 1 aliphatic heterocycles. The Morgan fingerprint density at radius 3 is 2.61 bits per heavy atom. The van der Waals surface area contributed by atoms with E-state index in [9.17, 15) is 9.59 Å². The minimum Gasteiger partial charge on any atom is -0.484 e. The SMILES string of the molecule is COCCCN1C(=O)/C(=C/c2cccc(OCC(=O)Nc3ccc(C)c(C)c3)c2)SC1=Nc1ccccc1. The lowest BCUT2D eigenvalue weighted by atomic mass is 10.1. The molecule has 0 radical (unpaired) electrons. The summed E-state index contributed by atoms with van der Waals surface area (Å²) in [6, 6.07) is 22.7. The summed E-state index contributed by atoms with van der Waals surface area (Å²) in [4.78, 5) is 32.6. The molecule has 8 heteroatoms. The highest BCUT2D eigenvalue weighted by Crippen LogP contribution is 2.34. The van der Waals surface area contributed by atoms with Crippen molar-refractivity contribution < 1.29 is 19.1 Å². The van der Waals surface area contributed by atoms with Crippen LogP contribution in [-0.2, 0) is 14.3 Å². The molecule has 0 saturated carbocycles. The van der Waals surface area contributed by atoms with Gasteiger partial charge in [0.25, 0.3) is 11.8 Å². The molecule has 1 aliphatic rings. The molecule has 0 spiro atoms. The number of nitrogens with one attached hydrogen (secondary N) is 1. The number of hydrogen-bond donors (Lipinski definition) is 1. The number of methoxy groups -OCH3 is 1. The predicted octanol–water partition coefficient (Wildman–Crippen LogP) is 5.96. The lowest BCUT2D eigenvalue weighted by molar-refractivity contribution is -0.122. The fourth-order valence-corrected chi connectivity index (χ4v) is 4.80. The quantitative estimate of drug-likeness (QED) is 0.259. The minimum atomic E-state index is -0.244. The Morgan fingerprint density at radius 2 is 1.84 bits per heavy atom. The van der Waals surface area contributed by atoms with E-state index in [0.717, 1.165) is 22.5 Å². The van der Waals surface area contributed by atoms with Gasteiger partial charge in [-0.1, -0.05) is 36.4 Å². The summed E-state index contributed by atoms with van der Waals surface area (Å²) in [5, 5.41) is 3.50. The van der Waals surface area contributed by atoms with Gasteiger partial charge in [-0.2, -0.15) is 0 Å². The van der Waals surface area contributed by atoms with Crippen LogP contribution in [0, 0.1) is 13.8 Å². The summed E-state index contributed by atoms with van der Waals surface area (Å²) in [7, 11) is 1.65. The van der Waals surface area contributed by atoms with Crippen molar-refractivity contribution in [1.29, 1.82) is 0 Å². The number of carbonyl (C=O) groups is 2. The fraction of sp³-hybridized carbons (Fsp3) is 0.233. The summed E-state index contributed by atoms with van der Waals surface area (Å²) >= 11 is 1.34. The van der Waals surface area contributed by atoms with E-state index in [1.54, 1.807) is 18.1 Å². The first kappa shape index (κ1) is 27.2. The second kappa shape index (κ2) is 13.1. The molecule has 3 aromatic carbocycles. The highest BCUT2D eigenvalue weighted by atomic mass is 32.2. The molecule has 196 valence electrons. The van der Waals surface area contributed by atoms with Gasteiger partial charge in [-0.3, -0.25) is 14.5 Å². The molecule has 1 heterocycles. The van der Waals surface area contributed by atoms with Crippen LogP contribution in [-0.4, -0.2) is 48.8 Å². The molecule has 0 unspecified atom stereocenters. The van der Waals surface area contributed by atoms with Crippen LogP contribution in [0.25, 0.3) is 6.08 Å². The van der Waals surface area contributed by atoms with Crippen LogP contribution in [0.4, 0.5) is 11.4 Å². The number of amidine groups is 1. The Labute approximate surface area is 227 Å². The molecule has 0 aromatic heterocycles. The highest BCUT2D eigenvalue weighted by molar-refractivity contribution is 8.18. The Kier molecular flexibility index (Phi) is 9.35. The Hall–Kier alpha value is -3.88. The van der Waals surface area contributed by atoms with Crippen molar-refractivity contribution in [2.75, 3.05) is 32.2 Å². The molecule has 1 fully saturated rings. The Balaban J connectivity index is 1.45. The number of rotatable bonds is 10. The van der Waals surface area contributed by atoms with Crippen LogP contribution in [0.15, 0.2) is 82.7 Å². The van der Waals surface area contributed by atoms with Crippen LogP contribution in [0.2, 0.25) is 0 Å². The first-order valence-corrected chi connectivity index (χ1v) is 13.2. The smallest absolute Gasteiger partial charge is 0.266 e. The average Bonchev–Trinajstić information content (AvgIpc) is 3.19. The number of ether oxygens (including phenoxy) is 2. The lowest BCUT2D eigenvalue weighted by Gasteiger charge is -2.15. The third kappa shape index (κ3) is 7.34. The van der Waals surface area contributed by atoms with Crippen molar-refractivity contribution in [1.82, 2.24) is 4.90 Å². The maximum atomic E-state index is 13.3. The predicted molar refractivity (Wildman–Crippen MR) is 154 cm³/mol. The van der Waals surface area contributed by atoms with E-state index in [-0.39, 0.29) is 18.4 Å². The van der Waals surface area contributed by atoms with Crippen LogP contribution in [0.1, 0.15) is 23.1 Å². The largest absolute Gasteiger partial charge is 0.484 e. The number of aliphatic imine (C=N–C) groups is 1. The van der Waals surface area contributed by atoms with Gasteiger partial charge in [-0.25, -0.2) is 4.99 Å². The number of nitrogens with zero attached hydrogens (tertiary/aromatic N) is 2. The topological polar surface area (TPSA) is 80.2 Å². The van der Waals surface area contributed by atoms with Gasteiger partial charge in [-0.15, -0.1) is 0 Å². The van der Waals surface area contributed by atoms with Crippen LogP contribution >= 0.6 is 11.8 Å². The summed E-state index contributed by atoms with van der Waals surface area (Å²) in [6.45, 7) is 4.98. The maximum absolute atomic E-state index is 13.3. The minimum absolute atomic E-state index is 0.0973. The van der Waals surface area contributed by atoms with Crippen molar-refractivity contribution >= 4 is 46.2 Å². The average molecular weight is 530 g/mol. The maximum Gasteiger partial charge on any atom is 0.266 e. The summed E-state index contributed by atoms with van der Waals surface area (Å²) in [5.74, 6) is 0.201. The van der Waals surface area contributed by atoms with Crippen molar-refractivity contribution in [2.24, 2.45) is 4.99 Å². The molecule has 1 saturated heterocycles. The van der Waals surface area contributed by atoms with Gasteiger partial charge >= 0.3 is 0 Å². The summed E-state index contributed by atoms with van der Waals surface area (Å²) in [6.07, 6.45) is 2.53. The highest BCUT2D eigenvalue weighted by Gasteiger charge is 2.33. The molecule has 0 atom stereocenters. The van der Waals surface area contributed by atoms with Gasteiger partial charge in [0.05, 0.1) is 10.6 Å². The second-order valence-corrected chi connectivity index (χ2v) is 9.86. The van der Waals surface area contributed by atoms with Crippen LogP contribution < -0.4 is 10.1 Å². The third-order valence-electron chi connectivity index (χ3n) is 5.92. The standard InChI is InChI=1S/C30H31N3O4S/c1-21-13-14-25(17-22(21)2)31-28(34)20-37-26-12-7-9-23(18-26)19-27-29(35)33(15-8-16-36-3)30(38-27)32-24-10-5-4-6-11-24/h4-7,9-14,17-19H,8,15-16,20H2,1-3H3,(H,31,34)/b27-19-,32-30?. The zero-order valence-electron chi connectivity index (χ0n) is 21.8. The zero-order valence-corrected chi connectivity index (χ0v) is 22.6. The van der Waals surface area contributed by atoms with Crippen LogP contribution in [0.5, 0.6) is 5.75 Å². The molecule has 0 aliphatic carbocycles. The number of hydrogen-bond acceptors (Lipinski definition) is 6. The number of anilines is 1. The molecule has 2 amide bonds. The lowest BCUT2D eigenvalue weighted by Crippen LogP contribution is -2.30. The summed E-state index contributed by atoms with van der Waals surface area (Å²) in [5.41, 5.74) is 4.60. The van der Waals surface area contributed by atoms with Crippen molar-refractivity contribution in [3.8, 4) is 5.75 Å². The van der Waals surface area contributed by atoms with Gasteiger partial charge in [0.2, 0.25) is 0 Å². The van der Waals surface area contributed by atoms with E-state index in [2.05, 4.69) is 5.32 Å². The van der Waals surface area contributed by atoms with Gasteiger partial charge in [0.15, 0.2) is 11.8 Å². The van der Waals surface area contributed by atoms with Crippen molar-refractivity contribution in [3.63, 3.8) is 0 Å². The number of thioether (sulfide) groups is 1. The van der Waals surface area contributed by atoms with Gasteiger partial charge in [-0.05, 0) is 91.2 Å². The number of para-hydroxylation sites is 1. The first-order valence-electron chi connectivity index (χ1n) is 12.4. The Morgan fingerprint density at radius 1 is 1.03 bits per heavy atom. The molecule has 0 bridgehead atoms. The van der Waals surface area contributed by atoms with Crippen LogP contribution in [0.3, 0.4) is 0 Å². The molecule has 3 aromatic rings. The Bertz CT molecular complexity index is 1350. The second-order valence-electron chi connectivity index (χ2n) is 8.85. The molecular weight excluding hydrogens is 498 g/mol. The van der Waals surface area contributed by atoms with E-state index in [4.69, 9.17) is 14.5 Å². The van der Waals surface area contributed by atoms with Gasteiger partial charge in [0.1, 0.15) is 5.75 Å². The normalized spacial score (nSPS) is 15.3. The number of carbonyl (C=O) groups excluding carboxylic acids is 2. The summed E-state index contributed by atoms with van der Waals surface area (Å²) < 4.78 is 10.9. The van der Waals surface area contributed by atoms with Crippen molar-refractivity contribution in [2.45, 2.75) is 20.3 Å². The third-order valence-corrected chi connectivity index (χ3v) is 6.92. The van der Waals surface area contributed by atoms with E-state index in [1.165, 1.54) is 17.3 Å². The first-order chi connectivity index (χ1) is 18.4. The van der Waals surface area contributed by atoms with E-state index in [0.29, 0.717) is 35.4 Å². The van der Waals surface area contributed by atoms with E-state index in [1.807, 2.05) is 86.7 Å². The number of benzene rings is 3. The molecule has 7 nitrogen and oxygen atoms in total. The van der Waals surface area contributed by atoms with E-state index >= 15 is 0 Å². The molecular formula is C30H31N3O4S.